The predicted molar refractivity (Wildman–Crippen MR) is 113 cm³/mol. The number of hydrogen-bond acceptors (Lipinski definition) is 5. The summed E-state index contributed by atoms with van der Waals surface area (Å²) in [5.41, 5.74) is 1.30. The number of benzene rings is 2. The highest BCUT2D eigenvalue weighted by molar-refractivity contribution is 7.93. The van der Waals surface area contributed by atoms with Gasteiger partial charge in [-0.3, -0.25) is 9.44 Å². The molecule has 0 saturated carbocycles. The Labute approximate surface area is 170 Å². The summed E-state index contributed by atoms with van der Waals surface area (Å²) in [6, 6.07) is 17.0. The molecule has 29 heavy (non-hydrogen) atoms. The van der Waals surface area contributed by atoms with Crippen molar-refractivity contribution in [3.63, 3.8) is 0 Å². The fourth-order valence-corrected chi connectivity index (χ4v) is 4.63. The van der Waals surface area contributed by atoms with Crippen molar-refractivity contribution in [1.82, 2.24) is 4.98 Å². The van der Waals surface area contributed by atoms with Crippen LogP contribution in [-0.4, -0.2) is 21.8 Å². The normalized spacial score (nSPS) is 12.0. The van der Waals surface area contributed by atoms with Crippen LogP contribution in [0.2, 0.25) is 0 Å². The zero-order valence-electron chi connectivity index (χ0n) is 15.9. The van der Waals surface area contributed by atoms with E-state index in [4.69, 9.17) is 0 Å². The van der Waals surface area contributed by atoms with Crippen LogP contribution in [0.4, 0.5) is 11.5 Å². The molecule has 2 aromatic carbocycles. The van der Waals surface area contributed by atoms with E-state index < -0.39 is 20.0 Å². The lowest BCUT2D eigenvalue weighted by molar-refractivity contribution is 0.600. The second-order valence-electron chi connectivity index (χ2n) is 6.67. The fraction of sp³-hybridized carbons (Fsp3) is 0.150. The highest BCUT2D eigenvalue weighted by atomic mass is 32.2. The van der Waals surface area contributed by atoms with Crippen molar-refractivity contribution in [2.24, 2.45) is 0 Å². The van der Waals surface area contributed by atoms with Crippen molar-refractivity contribution in [1.29, 1.82) is 0 Å². The number of anilines is 2. The quantitative estimate of drug-likeness (QED) is 0.592. The van der Waals surface area contributed by atoms with Crippen LogP contribution in [0, 0.1) is 0 Å². The minimum absolute atomic E-state index is 0.00705. The number of aromatic nitrogens is 1. The lowest BCUT2D eigenvalue weighted by atomic mass is 10.0. The Morgan fingerprint density at radius 1 is 0.724 bits per heavy atom. The van der Waals surface area contributed by atoms with Gasteiger partial charge in [0.05, 0.1) is 9.79 Å². The maximum Gasteiger partial charge on any atom is 0.263 e. The molecule has 152 valence electrons. The molecule has 0 fully saturated rings. The van der Waals surface area contributed by atoms with Gasteiger partial charge in [-0.15, -0.1) is 0 Å². The summed E-state index contributed by atoms with van der Waals surface area (Å²) < 4.78 is 54.8. The third-order valence-electron chi connectivity index (χ3n) is 4.18. The van der Waals surface area contributed by atoms with Crippen LogP contribution >= 0.6 is 0 Å². The molecule has 0 amide bonds. The van der Waals surface area contributed by atoms with E-state index in [1.807, 2.05) is 13.8 Å². The first kappa shape index (κ1) is 20.8. The third-order valence-corrected chi connectivity index (χ3v) is 6.95. The molecule has 0 aliphatic rings. The van der Waals surface area contributed by atoms with E-state index >= 15 is 0 Å². The Morgan fingerprint density at radius 2 is 1.28 bits per heavy atom. The summed E-state index contributed by atoms with van der Waals surface area (Å²) in [5, 5.41) is 0. The molecule has 0 saturated heterocycles. The molecule has 0 unspecified atom stereocenters. The topological polar surface area (TPSA) is 105 Å². The van der Waals surface area contributed by atoms with Crippen molar-refractivity contribution >= 4 is 31.6 Å². The highest BCUT2D eigenvalue weighted by Crippen LogP contribution is 2.21. The second-order valence-corrected chi connectivity index (χ2v) is 10.0. The largest absolute Gasteiger partial charge is 0.280 e. The average Bonchev–Trinajstić information content (AvgIpc) is 2.68. The van der Waals surface area contributed by atoms with Gasteiger partial charge in [0.25, 0.3) is 20.0 Å². The van der Waals surface area contributed by atoms with E-state index in [0.717, 1.165) is 5.56 Å². The molecule has 1 aromatic heterocycles. The Balaban J connectivity index is 1.76. The van der Waals surface area contributed by atoms with Crippen molar-refractivity contribution in [3.05, 3.63) is 78.5 Å². The molecule has 0 radical (unpaired) electrons. The maximum atomic E-state index is 12.6. The van der Waals surface area contributed by atoms with Gasteiger partial charge in [0.2, 0.25) is 0 Å². The molecule has 0 atom stereocenters. The van der Waals surface area contributed by atoms with Crippen LogP contribution in [0.5, 0.6) is 0 Å². The van der Waals surface area contributed by atoms with Gasteiger partial charge in [0.15, 0.2) is 0 Å². The van der Waals surface area contributed by atoms with E-state index in [1.54, 1.807) is 36.4 Å². The first-order valence-corrected chi connectivity index (χ1v) is 11.8. The summed E-state index contributed by atoms with van der Waals surface area (Å²) >= 11 is 0. The monoisotopic (exact) mass is 431 g/mol. The van der Waals surface area contributed by atoms with Crippen molar-refractivity contribution in [3.8, 4) is 0 Å². The summed E-state index contributed by atoms with van der Waals surface area (Å²) in [7, 11) is -7.61. The molecule has 0 spiro atoms. The minimum Gasteiger partial charge on any atom is -0.280 e. The molecule has 3 rings (SSSR count). The van der Waals surface area contributed by atoms with Gasteiger partial charge in [-0.05, 0) is 60.0 Å². The minimum atomic E-state index is -3.83. The van der Waals surface area contributed by atoms with Crippen LogP contribution in [0.1, 0.15) is 25.3 Å². The second kappa shape index (κ2) is 8.22. The lowest BCUT2D eigenvalue weighted by Gasteiger charge is -2.11. The van der Waals surface area contributed by atoms with E-state index in [-0.39, 0.29) is 21.3 Å². The first-order valence-electron chi connectivity index (χ1n) is 8.84. The number of nitrogens with one attached hydrogen (secondary N) is 2. The first-order chi connectivity index (χ1) is 13.7. The number of hydrogen-bond donors (Lipinski definition) is 2. The van der Waals surface area contributed by atoms with Crippen LogP contribution in [0.15, 0.2) is 82.7 Å². The zero-order valence-corrected chi connectivity index (χ0v) is 17.5. The van der Waals surface area contributed by atoms with Crippen LogP contribution < -0.4 is 9.44 Å². The smallest absolute Gasteiger partial charge is 0.263 e. The van der Waals surface area contributed by atoms with Gasteiger partial charge in [-0.2, -0.15) is 0 Å². The fourth-order valence-electron chi connectivity index (χ4n) is 2.57. The van der Waals surface area contributed by atoms with Crippen LogP contribution in [0.25, 0.3) is 0 Å². The summed E-state index contributed by atoms with van der Waals surface area (Å²) in [6.45, 7) is 4.06. The Bertz CT molecular complexity index is 1170. The maximum absolute atomic E-state index is 12.6. The molecule has 1 heterocycles. The van der Waals surface area contributed by atoms with Gasteiger partial charge in [0.1, 0.15) is 5.82 Å². The molecule has 7 nitrogen and oxygen atoms in total. The van der Waals surface area contributed by atoms with Gasteiger partial charge in [-0.1, -0.05) is 32.0 Å². The van der Waals surface area contributed by atoms with E-state index in [0.29, 0.717) is 5.92 Å². The SMILES string of the molecule is CC(C)c1ccc(S(=O)(=O)Nc2ccc(S(=O)(=O)Nc3ccccn3)cc2)cc1. The number of nitrogens with zero attached hydrogens (tertiary/aromatic N) is 1. The van der Waals surface area contributed by atoms with Gasteiger partial charge < -0.3 is 0 Å². The van der Waals surface area contributed by atoms with Gasteiger partial charge in [-0.25, -0.2) is 21.8 Å². The molecular weight excluding hydrogens is 410 g/mol. The molecule has 0 bridgehead atoms. The molecule has 0 aliphatic carbocycles. The summed E-state index contributed by atoms with van der Waals surface area (Å²) in [4.78, 5) is 4.05. The molecule has 0 aliphatic heterocycles. The Morgan fingerprint density at radius 3 is 1.79 bits per heavy atom. The zero-order chi connectivity index (χ0) is 21.1. The summed E-state index contributed by atoms with van der Waals surface area (Å²) in [6.07, 6.45) is 1.48. The predicted octanol–water partition coefficient (Wildman–Crippen LogP) is 3.81. The van der Waals surface area contributed by atoms with Crippen LogP contribution in [-0.2, 0) is 20.0 Å². The number of sulfonamides is 2. The Kier molecular flexibility index (Phi) is 5.90. The van der Waals surface area contributed by atoms with Gasteiger partial charge in [0, 0.05) is 11.9 Å². The van der Waals surface area contributed by atoms with E-state index in [1.165, 1.54) is 36.5 Å². The number of pyridine rings is 1. The van der Waals surface area contributed by atoms with Gasteiger partial charge >= 0.3 is 0 Å². The molecule has 3 aromatic rings. The standard InChI is InChI=1S/C20H21N3O4S2/c1-15(2)16-6-10-18(11-7-16)28(24,25)22-17-8-12-19(13-9-17)29(26,27)23-20-5-3-4-14-21-20/h3-15,22H,1-2H3,(H,21,23). The Hall–Kier alpha value is -2.91. The lowest BCUT2D eigenvalue weighted by Crippen LogP contribution is -2.15. The van der Waals surface area contributed by atoms with E-state index in [9.17, 15) is 16.8 Å². The third kappa shape index (κ3) is 5.12. The van der Waals surface area contributed by atoms with E-state index in [2.05, 4.69) is 14.4 Å². The number of rotatable bonds is 7. The highest BCUT2D eigenvalue weighted by Gasteiger charge is 2.17. The van der Waals surface area contributed by atoms with Crippen molar-refractivity contribution < 1.29 is 16.8 Å². The van der Waals surface area contributed by atoms with Crippen LogP contribution in [0.3, 0.4) is 0 Å². The molecule has 9 heteroatoms. The molecule has 2 N–H and O–H groups in total. The average molecular weight is 432 g/mol. The molecular formula is C20H21N3O4S2. The van der Waals surface area contributed by atoms with Crippen molar-refractivity contribution in [2.45, 2.75) is 29.6 Å². The van der Waals surface area contributed by atoms with Crippen molar-refractivity contribution in [2.75, 3.05) is 9.44 Å². The summed E-state index contributed by atoms with van der Waals surface area (Å²) in [5.74, 6) is 0.496.